The molecule has 0 spiro atoms. The Labute approximate surface area is 190 Å². The van der Waals surface area contributed by atoms with E-state index in [1.807, 2.05) is 12.2 Å². The highest BCUT2D eigenvalue weighted by Crippen LogP contribution is 2.53. The van der Waals surface area contributed by atoms with Crippen molar-refractivity contribution in [3.63, 3.8) is 0 Å². The van der Waals surface area contributed by atoms with Crippen molar-refractivity contribution < 1.29 is 19.2 Å². The summed E-state index contributed by atoms with van der Waals surface area (Å²) in [5.74, 6) is -2.88. The molecule has 3 amide bonds. The van der Waals surface area contributed by atoms with Crippen LogP contribution in [0.4, 0.5) is 0 Å². The second-order valence-electron chi connectivity index (χ2n) is 8.52. The van der Waals surface area contributed by atoms with E-state index >= 15 is 0 Å². The fraction of sp³-hybridized carbons (Fsp3) is 0.280. The van der Waals surface area contributed by atoms with Gasteiger partial charge in [0.05, 0.1) is 22.4 Å². The molecule has 7 heteroatoms. The molecule has 1 aliphatic heterocycles. The fourth-order valence-corrected chi connectivity index (χ4v) is 5.47. The average molecular weight is 449 g/mol. The summed E-state index contributed by atoms with van der Waals surface area (Å²) in [4.78, 5) is 53.8. The zero-order valence-corrected chi connectivity index (χ0v) is 18.1. The van der Waals surface area contributed by atoms with Crippen LogP contribution >= 0.6 is 11.6 Å². The van der Waals surface area contributed by atoms with Gasteiger partial charge in [-0.05, 0) is 37.3 Å². The van der Waals surface area contributed by atoms with E-state index in [0.717, 1.165) is 16.4 Å². The van der Waals surface area contributed by atoms with Crippen LogP contribution in [0, 0.1) is 23.7 Å². The standard InChI is InChI=1S/C25H21ClN2O4/c1-14(22(29)15-7-3-2-4-8-15)27(23(30)18-9-5-6-10-19(18)26)28-24(31)20-16-11-12-17(13-16)21(20)25(28)32/h2-12,14,16-17,20-21H,13H2,1H3/t14-,16+,17+,20+,21+/m1/s1. The topological polar surface area (TPSA) is 74.8 Å². The first-order chi connectivity index (χ1) is 15.4. The molecule has 3 aliphatic rings. The number of hydrogen-bond donors (Lipinski definition) is 0. The lowest BCUT2D eigenvalue weighted by Gasteiger charge is -2.35. The molecule has 32 heavy (non-hydrogen) atoms. The van der Waals surface area contributed by atoms with Gasteiger partial charge in [-0.2, -0.15) is 5.01 Å². The molecule has 5 rings (SSSR count). The molecule has 2 bridgehead atoms. The Hall–Kier alpha value is -3.25. The number of rotatable bonds is 5. The van der Waals surface area contributed by atoms with Crippen molar-refractivity contribution in [3.05, 3.63) is 82.9 Å². The van der Waals surface area contributed by atoms with E-state index < -0.39 is 35.6 Å². The first-order valence-electron chi connectivity index (χ1n) is 10.6. The molecule has 2 aliphatic carbocycles. The Morgan fingerprint density at radius 2 is 1.50 bits per heavy atom. The van der Waals surface area contributed by atoms with Crippen molar-refractivity contribution in [2.45, 2.75) is 19.4 Å². The van der Waals surface area contributed by atoms with Crippen LogP contribution in [0.15, 0.2) is 66.7 Å². The lowest BCUT2D eigenvalue weighted by atomic mass is 9.85. The summed E-state index contributed by atoms with van der Waals surface area (Å²) >= 11 is 6.27. The van der Waals surface area contributed by atoms with E-state index in [2.05, 4.69) is 0 Å². The smallest absolute Gasteiger partial charge is 0.275 e. The Morgan fingerprint density at radius 3 is 2.09 bits per heavy atom. The zero-order chi connectivity index (χ0) is 22.6. The number of ketones is 1. The predicted molar refractivity (Wildman–Crippen MR) is 117 cm³/mol. The first kappa shape index (κ1) is 20.6. The number of fused-ring (bicyclic) bond motifs is 5. The first-order valence-corrected chi connectivity index (χ1v) is 11.0. The minimum atomic E-state index is -1.08. The minimum absolute atomic E-state index is 0.0103. The lowest BCUT2D eigenvalue weighted by Crippen LogP contribution is -2.57. The molecule has 1 saturated carbocycles. The van der Waals surface area contributed by atoms with Gasteiger partial charge < -0.3 is 0 Å². The summed E-state index contributed by atoms with van der Waals surface area (Å²) in [6.45, 7) is 1.53. The number of amides is 3. The van der Waals surface area contributed by atoms with Crippen LogP contribution in [0.1, 0.15) is 34.1 Å². The van der Waals surface area contributed by atoms with Gasteiger partial charge in [-0.1, -0.05) is 66.2 Å². The van der Waals surface area contributed by atoms with Gasteiger partial charge in [0, 0.05) is 5.56 Å². The molecule has 2 fully saturated rings. The molecule has 0 unspecified atom stereocenters. The number of hydrogen-bond acceptors (Lipinski definition) is 4. The number of benzene rings is 2. The van der Waals surface area contributed by atoms with Gasteiger partial charge in [-0.15, -0.1) is 0 Å². The quantitative estimate of drug-likeness (QED) is 0.396. The van der Waals surface area contributed by atoms with Crippen LogP contribution in [0.5, 0.6) is 0 Å². The van der Waals surface area contributed by atoms with Gasteiger partial charge in [0.1, 0.15) is 6.04 Å². The molecule has 1 heterocycles. The third-order valence-electron chi connectivity index (χ3n) is 6.78. The number of halogens is 1. The zero-order valence-electron chi connectivity index (χ0n) is 17.4. The Bertz CT molecular complexity index is 1130. The van der Waals surface area contributed by atoms with Crippen molar-refractivity contribution in [2.24, 2.45) is 23.7 Å². The molecule has 2 aromatic carbocycles. The van der Waals surface area contributed by atoms with Gasteiger partial charge in [0.15, 0.2) is 5.78 Å². The number of carbonyl (C=O) groups excluding carboxylic acids is 4. The SMILES string of the molecule is C[C@H](C(=O)c1ccccc1)N(C(=O)c1ccccc1Cl)N1C(=O)[C@@H]2[C@@H](C1=O)[C@H]1C=C[C@H]2C1. The van der Waals surface area contributed by atoms with Crippen LogP contribution < -0.4 is 0 Å². The second kappa shape index (κ2) is 7.71. The van der Waals surface area contributed by atoms with Crippen molar-refractivity contribution in [1.82, 2.24) is 10.0 Å². The Morgan fingerprint density at radius 1 is 0.938 bits per heavy atom. The van der Waals surface area contributed by atoms with Crippen molar-refractivity contribution in [1.29, 1.82) is 0 Å². The van der Waals surface area contributed by atoms with Crippen LogP contribution in [0.2, 0.25) is 5.02 Å². The van der Waals surface area contributed by atoms with Gasteiger partial charge >= 0.3 is 0 Å². The highest BCUT2D eigenvalue weighted by atomic mass is 35.5. The van der Waals surface area contributed by atoms with E-state index in [0.29, 0.717) is 5.56 Å². The molecule has 1 saturated heterocycles. The Kier molecular flexibility index (Phi) is 4.97. The van der Waals surface area contributed by atoms with Crippen LogP contribution in [0.3, 0.4) is 0 Å². The highest BCUT2D eigenvalue weighted by Gasteiger charge is 2.61. The highest BCUT2D eigenvalue weighted by molar-refractivity contribution is 6.34. The van der Waals surface area contributed by atoms with E-state index in [1.54, 1.807) is 48.5 Å². The van der Waals surface area contributed by atoms with Crippen LogP contribution in [-0.4, -0.2) is 39.6 Å². The van der Waals surface area contributed by atoms with Crippen molar-refractivity contribution in [3.8, 4) is 0 Å². The fourth-order valence-electron chi connectivity index (χ4n) is 5.25. The summed E-state index contributed by atoms with van der Waals surface area (Å²) in [5.41, 5.74) is 0.513. The summed E-state index contributed by atoms with van der Waals surface area (Å²) < 4.78 is 0. The predicted octanol–water partition coefficient (Wildman–Crippen LogP) is 3.78. The van der Waals surface area contributed by atoms with E-state index in [9.17, 15) is 19.2 Å². The lowest BCUT2D eigenvalue weighted by molar-refractivity contribution is -0.157. The normalized spacial score (nSPS) is 26.4. The van der Waals surface area contributed by atoms with Crippen molar-refractivity contribution >= 4 is 35.1 Å². The summed E-state index contributed by atoms with van der Waals surface area (Å²) in [6, 6.07) is 13.8. The molecular weight excluding hydrogens is 428 g/mol. The molecule has 5 atom stereocenters. The van der Waals surface area contributed by atoms with Crippen LogP contribution in [-0.2, 0) is 9.59 Å². The van der Waals surface area contributed by atoms with Gasteiger partial charge in [0.2, 0.25) is 0 Å². The molecular formula is C25H21ClN2O4. The largest absolute Gasteiger partial charge is 0.292 e. The number of imide groups is 1. The summed E-state index contributed by atoms with van der Waals surface area (Å²) in [5, 5.41) is 2.11. The summed E-state index contributed by atoms with van der Waals surface area (Å²) in [7, 11) is 0. The number of carbonyl (C=O) groups is 4. The molecule has 0 radical (unpaired) electrons. The number of Topliss-reactive ketones (excluding diaryl/α,β-unsaturated/α-hetero) is 1. The minimum Gasteiger partial charge on any atom is -0.292 e. The van der Waals surface area contributed by atoms with Gasteiger partial charge in [-0.3, -0.25) is 19.2 Å². The monoisotopic (exact) mass is 448 g/mol. The summed E-state index contributed by atoms with van der Waals surface area (Å²) in [6.07, 6.45) is 4.75. The molecule has 2 aromatic rings. The van der Waals surface area contributed by atoms with Gasteiger partial charge in [-0.25, -0.2) is 5.01 Å². The maximum absolute atomic E-state index is 13.6. The maximum atomic E-state index is 13.6. The van der Waals surface area contributed by atoms with Gasteiger partial charge in [0.25, 0.3) is 17.7 Å². The average Bonchev–Trinajstić information content (AvgIpc) is 3.49. The van der Waals surface area contributed by atoms with E-state index in [1.165, 1.54) is 13.0 Å². The number of nitrogens with zero attached hydrogens (tertiary/aromatic N) is 2. The maximum Gasteiger partial charge on any atom is 0.275 e. The Balaban J connectivity index is 1.57. The van der Waals surface area contributed by atoms with E-state index in [4.69, 9.17) is 11.6 Å². The second-order valence-corrected chi connectivity index (χ2v) is 8.93. The molecule has 0 aromatic heterocycles. The third kappa shape index (κ3) is 3.01. The van der Waals surface area contributed by atoms with Crippen LogP contribution in [0.25, 0.3) is 0 Å². The molecule has 6 nitrogen and oxygen atoms in total. The van der Waals surface area contributed by atoms with E-state index in [-0.39, 0.29) is 28.2 Å². The molecule has 0 N–H and O–H groups in total. The third-order valence-corrected chi connectivity index (χ3v) is 7.11. The number of allylic oxidation sites excluding steroid dienone is 2. The molecule has 162 valence electrons. The van der Waals surface area contributed by atoms with Crippen molar-refractivity contribution in [2.75, 3.05) is 0 Å². The number of hydrazine groups is 1.